The number of carbonyl (C=O) groups is 1. The van der Waals surface area contributed by atoms with Gasteiger partial charge in [-0.2, -0.15) is 0 Å². The molecule has 0 saturated carbocycles. The van der Waals surface area contributed by atoms with Gasteiger partial charge in [-0.25, -0.2) is 4.98 Å². The Morgan fingerprint density at radius 3 is 2.61 bits per heavy atom. The normalized spacial score (nSPS) is 14.5. The highest BCUT2D eigenvalue weighted by Crippen LogP contribution is 2.33. The fourth-order valence-corrected chi connectivity index (χ4v) is 5.21. The van der Waals surface area contributed by atoms with Gasteiger partial charge in [-0.05, 0) is 36.4 Å². The standard InChI is InChI=1S/C20H20ClN3O2S2/c1-26-14-5-7-15(8-6-14)27-13-18(25)23-9-11-24(12-10-23)20-22-19-16(21)3-2-4-17(19)28-20/h2-8H,9-13H2,1H3. The molecule has 5 nitrogen and oxygen atoms in total. The van der Waals surface area contributed by atoms with Crippen LogP contribution in [-0.2, 0) is 4.79 Å². The fourth-order valence-electron chi connectivity index (χ4n) is 3.09. The van der Waals surface area contributed by atoms with Gasteiger partial charge in [0.1, 0.15) is 11.3 Å². The maximum absolute atomic E-state index is 12.6. The van der Waals surface area contributed by atoms with Crippen molar-refractivity contribution in [1.82, 2.24) is 9.88 Å². The summed E-state index contributed by atoms with van der Waals surface area (Å²) in [6.07, 6.45) is 0. The summed E-state index contributed by atoms with van der Waals surface area (Å²) in [5.41, 5.74) is 0.860. The van der Waals surface area contributed by atoms with Gasteiger partial charge in [0.15, 0.2) is 5.13 Å². The quantitative estimate of drug-likeness (QED) is 0.558. The van der Waals surface area contributed by atoms with Gasteiger partial charge in [-0.3, -0.25) is 4.79 Å². The number of anilines is 1. The van der Waals surface area contributed by atoms with Crippen LogP contribution in [-0.4, -0.2) is 54.8 Å². The smallest absolute Gasteiger partial charge is 0.233 e. The summed E-state index contributed by atoms with van der Waals surface area (Å²) in [5.74, 6) is 1.44. The summed E-state index contributed by atoms with van der Waals surface area (Å²) < 4.78 is 6.26. The van der Waals surface area contributed by atoms with E-state index in [1.165, 1.54) is 0 Å². The molecule has 3 aromatic rings. The van der Waals surface area contributed by atoms with E-state index in [-0.39, 0.29) is 5.91 Å². The van der Waals surface area contributed by atoms with Crippen LogP contribution in [0.3, 0.4) is 0 Å². The van der Waals surface area contributed by atoms with Crippen LogP contribution in [0.15, 0.2) is 47.4 Å². The molecular weight excluding hydrogens is 414 g/mol. The SMILES string of the molecule is COc1ccc(SCC(=O)N2CCN(c3nc4c(Cl)cccc4s3)CC2)cc1. The summed E-state index contributed by atoms with van der Waals surface area (Å²) in [6, 6.07) is 13.6. The number of nitrogens with zero attached hydrogens (tertiary/aromatic N) is 3. The summed E-state index contributed by atoms with van der Waals surface area (Å²) >= 11 is 9.45. The number of thioether (sulfide) groups is 1. The largest absolute Gasteiger partial charge is 0.497 e. The molecule has 146 valence electrons. The Hall–Kier alpha value is -1.96. The van der Waals surface area contributed by atoms with Crippen molar-refractivity contribution in [3.63, 3.8) is 0 Å². The number of ether oxygens (including phenoxy) is 1. The molecule has 1 aliphatic heterocycles. The topological polar surface area (TPSA) is 45.7 Å². The lowest BCUT2D eigenvalue weighted by Gasteiger charge is -2.34. The Morgan fingerprint density at radius 1 is 1.18 bits per heavy atom. The number of amides is 1. The Balaban J connectivity index is 1.31. The van der Waals surface area contributed by atoms with E-state index in [0.717, 1.165) is 39.1 Å². The maximum atomic E-state index is 12.6. The lowest BCUT2D eigenvalue weighted by atomic mass is 10.3. The first-order valence-corrected chi connectivity index (χ1v) is 11.2. The van der Waals surface area contributed by atoms with Gasteiger partial charge in [0.2, 0.25) is 5.91 Å². The number of fused-ring (bicyclic) bond motifs is 1. The van der Waals surface area contributed by atoms with E-state index >= 15 is 0 Å². The minimum absolute atomic E-state index is 0.174. The van der Waals surface area contributed by atoms with Crippen molar-refractivity contribution in [3.8, 4) is 5.75 Å². The van der Waals surface area contributed by atoms with Crippen LogP contribution in [0.4, 0.5) is 5.13 Å². The molecule has 0 N–H and O–H groups in total. The Morgan fingerprint density at radius 2 is 1.93 bits per heavy atom. The molecule has 0 aliphatic carbocycles. The average Bonchev–Trinajstić information content (AvgIpc) is 3.18. The van der Waals surface area contributed by atoms with Crippen molar-refractivity contribution < 1.29 is 9.53 Å². The molecule has 0 atom stereocenters. The molecule has 0 unspecified atom stereocenters. The molecule has 1 amide bonds. The minimum atomic E-state index is 0.174. The zero-order valence-corrected chi connectivity index (χ0v) is 17.8. The number of hydrogen-bond donors (Lipinski definition) is 0. The third-order valence-electron chi connectivity index (χ3n) is 4.68. The zero-order chi connectivity index (χ0) is 19.5. The van der Waals surface area contributed by atoms with Crippen molar-refractivity contribution in [2.24, 2.45) is 0 Å². The molecule has 0 spiro atoms. The second kappa shape index (κ2) is 8.59. The number of piperazine rings is 1. The van der Waals surface area contributed by atoms with Gasteiger partial charge in [0.25, 0.3) is 0 Å². The number of benzene rings is 2. The first-order valence-electron chi connectivity index (χ1n) is 8.98. The van der Waals surface area contributed by atoms with E-state index in [9.17, 15) is 4.79 Å². The van der Waals surface area contributed by atoms with E-state index in [0.29, 0.717) is 23.9 Å². The molecule has 2 heterocycles. The number of aromatic nitrogens is 1. The van der Waals surface area contributed by atoms with Gasteiger partial charge < -0.3 is 14.5 Å². The van der Waals surface area contributed by atoms with E-state index in [2.05, 4.69) is 4.90 Å². The number of methoxy groups -OCH3 is 1. The molecule has 28 heavy (non-hydrogen) atoms. The summed E-state index contributed by atoms with van der Waals surface area (Å²) in [4.78, 5) is 22.5. The van der Waals surface area contributed by atoms with Crippen molar-refractivity contribution in [2.75, 3.05) is 43.9 Å². The predicted octanol–water partition coefficient (Wildman–Crippen LogP) is 4.40. The summed E-state index contributed by atoms with van der Waals surface area (Å²) in [5, 5.41) is 1.66. The minimum Gasteiger partial charge on any atom is -0.497 e. The molecule has 1 fully saturated rings. The van der Waals surface area contributed by atoms with Crippen LogP contribution in [0.1, 0.15) is 0 Å². The van der Waals surface area contributed by atoms with Crippen molar-refractivity contribution in [1.29, 1.82) is 0 Å². The third kappa shape index (κ3) is 4.21. The second-order valence-corrected chi connectivity index (χ2v) is 8.88. The first-order chi connectivity index (χ1) is 13.6. The molecule has 0 radical (unpaired) electrons. The molecule has 4 rings (SSSR count). The molecule has 2 aromatic carbocycles. The fraction of sp³-hybridized carbons (Fsp3) is 0.300. The van der Waals surface area contributed by atoms with E-state index in [1.54, 1.807) is 30.2 Å². The van der Waals surface area contributed by atoms with Gasteiger partial charge in [-0.1, -0.05) is 29.0 Å². The van der Waals surface area contributed by atoms with E-state index in [4.69, 9.17) is 21.3 Å². The monoisotopic (exact) mass is 433 g/mol. The highest BCUT2D eigenvalue weighted by atomic mass is 35.5. The highest BCUT2D eigenvalue weighted by Gasteiger charge is 2.23. The van der Waals surface area contributed by atoms with Crippen molar-refractivity contribution in [2.45, 2.75) is 4.90 Å². The zero-order valence-electron chi connectivity index (χ0n) is 15.4. The molecule has 0 bridgehead atoms. The van der Waals surface area contributed by atoms with Gasteiger partial charge in [-0.15, -0.1) is 11.8 Å². The van der Waals surface area contributed by atoms with Gasteiger partial charge in [0, 0.05) is 31.1 Å². The van der Waals surface area contributed by atoms with E-state index < -0.39 is 0 Å². The highest BCUT2D eigenvalue weighted by molar-refractivity contribution is 8.00. The summed E-state index contributed by atoms with van der Waals surface area (Å²) in [7, 11) is 1.65. The Kier molecular flexibility index (Phi) is 5.94. The average molecular weight is 434 g/mol. The van der Waals surface area contributed by atoms with Crippen LogP contribution in [0.2, 0.25) is 5.02 Å². The molecule has 1 aromatic heterocycles. The predicted molar refractivity (Wildman–Crippen MR) is 117 cm³/mol. The second-order valence-electron chi connectivity index (χ2n) is 6.42. The van der Waals surface area contributed by atoms with Crippen LogP contribution >= 0.6 is 34.7 Å². The van der Waals surface area contributed by atoms with Gasteiger partial charge >= 0.3 is 0 Å². The summed E-state index contributed by atoms with van der Waals surface area (Å²) in [6.45, 7) is 3.00. The molecule has 8 heteroatoms. The van der Waals surface area contributed by atoms with E-state index in [1.807, 2.05) is 47.4 Å². The number of carbonyl (C=O) groups excluding carboxylic acids is 1. The number of rotatable bonds is 5. The molecule has 1 aliphatic rings. The number of thiazole rings is 1. The Labute approximate surface area is 177 Å². The van der Waals surface area contributed by atoms with Crippen LogP contribution in [0.25, 0.3) is 10.2 Å². The van der Waals surface area contributed by atoms with Crippen LogP contribution < -0.4 is 9.64 Å². The van der Waals surface area contributed by atoms with Crippen molar-refractivity contribution >= 4 is 56.0 Å². The van der Waals surface area contributed by atoms with Crippen LogP contribution in [0, 0.1) is 0 Å². The lowest BCUT2D eigenvalue weighted by Crippen LogP contribution is -2.49. The van der Waals surface area contributed by atoms with Gasteiger partial charge in [0.05, 0.1) is 22.6 Å². The first kappa shape index (κ1) is 19.4. The number of halogens is 1. The molecular formula is C20H20ClN3O2S2. The van der Waals surface area contributed by atoms with Crippen molar-refractivity contribution in [3.05, 3.63) is 47.5 Å². The third-order valence-corrected chi connectivity index (χ3v) is 7.07. The maximum Gasteiger partial charge on any atom is 0.233 e. The number of para-hydroxylation sites is 1. The molecule has 1 saturated heterocycles. The van der Waals surface area contributed by atoms with Crippen LogP contribution in [0.5, 0.6) is 5.75 Å². The lowest BCUT2D eigenvalue weighted by molar-refractivity contribution is -0.128. The Bertz CT molecular complexity index is 969. The number of hydrogen-bond acceptors (Lipinski definition) is 6.